The molecule has 104 valence electrons. The van der Waals surface area contributed by atoms with Crippen LogP contribution in [0.15, 0.2) is 36.4 Å². The fourth-order valence-corrected chi connectivity index (χ4v) is 2.53. The Bertz CT molecular complexity index is 449. The summed E-state index contributed by atoms with van der Waals surface area (Å²) in [6, 6.07) is 3.45. The second kappa shape index (κ2) is 7.03. The van der Waals surface area contributed by atoms with Gasteiger partial charge in [0.2, 0.25) is 0 Å². The first-order valence-corrected chi connectivity index (χ1v) is 6.74. The molecule has 2 rings (SSSR count). The third-order valence-electron chi connectivity index (χ3n) is 3.27. The topological polar surface area (TPSA) is 40.5 Å². The van der Waals surface area contributed by atoms with Gasteiger partial charge >= 0.3 is 0 Å². The summed E-state index contributed by atoms with van der Waals surface area (Å²) in [5.41, 5.74) is 2.95. The molecule has 0 aromatic heterocycles. The van der Waals surface area contributed by atoms with Crippen LogP contribution in [0, 0.1) is 6.92 Å². The van der Waals surface area contributed by atoms with Crippen LogP contribution in [-0.2, 0) is 0 Å². The van der Waals surface area contributed by atoms with E-state index in [9.17, 15) is 10.2 Å². The van der Waals surface area contributed by atoms with Gasteiger partial charge in [-0.15, -0.1) is 6.58 Å². The molecule has 2 N–H and O–H groups in total. The fraction of sp³-hybridized carbons (Fsp3) is 0.412. The summed E-state index contributed by atoms with van der Waals surface area (Å²) in [7, 11) is 0. The maximum atomic E-state index is 9.93. The third kappa shape index (κ3) is 4.16. The second-order valence-corrected chi connectivity index (χ2v) is 5.15. The summed E-state index contributed by atoms with van der Waals surface area (Å²) < 4.78 is 0. The van der Waals surface area contributed by atoms with Crippen LogP contribution >= 0.6 is 0 Å². The largest absolute Gasteiger partial charge is 0.508 e. The first kappa shape index (κ1) is 15.4. The molecule has 19 heavy (non-hydrogen) atoms. The highest BCUT2D eigenvalue weighted by atomic mass is 16.3. The van der Waals surface area contributed by atoms with Crippen molar-refractivity contribution in [3.05, 3.63) is 47.6 Å². The van der Waals surface area contributed by atoms with Crippen molar-refractivity contribution >= 4 is 0 Å². The van der Waals surface area contributed by atoms with Crippen LogP contribution in [0.25, 0.3) is 0 Å². The first-order valence-electron chi connectivity index (χ1n) is 6.74. The Kier molecular flexibility index (Phi) is 5.68. The monoisotopic (exact) mass is 260 g/mol. The van der Waals surface area contributed by atoms with E-state index < -0.39 is 0 Å². The Balaban J connectivity index is 0.000000550. The van der Waals surface area contributed by atoms with Crippen LogP contribution in [0.5, 0.6) is 11.5 Å². The zero-order valence-electron chi connectivity index (χ0n) is 12.1. The molecule has 2 nitrogen and oxygen atoms in total. The summed E-state index contributed by atoms with van der Waals surface area (Å²) in [6.45, 7) is 9.23. The number of hydrogen-bond acceptors (Lipinski definition) is 2. The van der Waals surface area contributed by atoms with Crippen LogP contribution in [0.2, 0.25) is 0 Å². The SMILES string of the molecule is C=CC.CC1=CCCC(c2c(O)cc(C)cc2O)C1. The van der Waals surface area contributed by atoms with E-state index in [4.69, 9.17) is 0 Å². The molecule has 0 fully saturated rings. The minimum atomic E-state index is 0.234. The molecule has 2 heteroatoms. The maximum absolute atomic E-state index is 9.93. The average molecular weight is 260 g/mol. The van der Waals surface area contributed by atoms with Gasteiger partial charge in [0.25, 0.3) is 0 Å². The van der Waals surface area contributed by atoms with Gasteiger partial charge in [0.05, 0.1) is 0 Å². The van der Waals surface area contributed by atoms with Gasteiger partial charge in [0, 0.05) is 5.56 Å². The molecular weight excluding hydrogens is 236 g/mol. The van der Waals surface area contributed by atoms with E-state index in [1.54, 1.807) is 18.2 Å². The quantitative estimate of drug-likeness (QED) is 0.711. The van der Waals surface area contributed by atoms with Crippen molar-refractivity contribution in [3.63, 3.8) is 0 Å². The van der Waals surface area contributed by atoms with Gasteiger partial charge in [-0.3, -0.25) is 0 Å². The Labute approximate surface area is 116 Å². The van der Waals surface area contributed by atoms with E-state index in [0.717, 1.165) is 30.4 Å². The van der Waals surface area contributed by atoms with Gasteiger partial charge in [-0.2, -0.15) is 0 Å². The van der Waals surface area contributed by atoms with Crippen molar-refractivity contribution < 1.29 is 10.2 Å². The molecule has 1 aromatic carbocycles. The normalized spacial score (nSPS) is 18.1. The summed E-state index contributed by atoms with van der Waals surface area (Å²) in [5, 5.41) is 19.9. The van der Waals surface area contributed by atoms with Crippen molar-refractivity contribution in [2.45, 2.75) is 46.0 Å². The van der Waals surface area contributed by atoms with Crippen molar-refractivity contribution in [2.24, 2.45) is 0 Å². The Morgan fingerprint density at radius 1 is 1.21 bits per heavy atom. The molecule has 0 bridgehead atoms. The highest BCUT2D eigenvalue weighted by molar-refractivity contribution is 5.49. The highest BCUT2D eigenvalue weighted by Gasteiger charge is 2.22. The molecule has 0 spiro atoms. The molecule has 1 aromatic rings. The molecule has 1 aliphatic rings. The van der Waals surface area contributed by atoms with Crippen LogP contribution in [0.4, 0.5) is 0 Å². The second-order valence-electron chi connectivity index (χ2n) is 5.15. The lowest BCUT2D eigenvalue weighted by molar-refractivity contribution is 0.420. The third-order valence-corrected chi connectivity index (χ3v) is 3.27. The van der Waals surface area contributed by atoms with Crippen LogP contribution in [-0.4, -0.2) is 10.2 Å². The molecule has 0 radical (unpaired) electrons. The van der Waals surface area contributed by atoms with E-state index >= 15 is 0 Å². The predicted molar refractivity (Wildman–Crippen MR) is 80.7 cm³/mol. The van der Waals surface area contributed by atoms with Gasteiger partial charge in [0.15, 0.2) is 0 Å². The van der Waals surface area contributed by atoms with Crippen molar-refractivity contribution in [3.8, 4) is 11.5 Å². The van der Waals surface area contributed by atoms with Crippen LogP contribution < -0.4 is 0 Å². The predicted octanol–water partition coefficient (Wildman–Crippen LogP) is 4.81. The molecule has 0 aliphatic heterocycles. The average Bonchev–Trinajstić information content (AvgIpc) is 2.28. The molecule has 0 heterocycles. The number of benzene rings is 1. The summed E-state index contributed by atoms with van der Waals surface area (Å²) in [4.78, 5) is 0. The van der Waals surface area contributed by atoms with Gasteiger partial charge in [-0.05, 0) is 63.6 Å². The molecule has 1 aliphatic carbocycles. The zero-order valence-corrected chi connectivity index (χ0v) is 12.1. The number of rotatable bonds is 1. The number of aromatic hydroxyl groups is 2. The van der Waals surface area contributed by atoms with E-state index in [0.29, 0.717) is 0 Å². The summed E-state index contributed by atoms with van der Waals surface area (Å²) >= 11 is 0. The molecule has 0 amide bonds. The number of hydrogen-bond donors (Lipinski definition) is 2. The van der Waals surface area contributed by atoms with E-state index in [2.05, 4.69) is 19.6 Å². The minimum Gasteiger partial charge on any atom is -0.508 e. The standard InChI is InChI=1S/C14H18O2.C3H6/c1-9-4-3-5-11(6-9)14-12(15)7-10(2)8-13(14)16;1-3-2/h4,7-8,11,15-16H,3,5-6H2,1-2H3;3H,1H2,2H3. The number of phenolic OH excluding ortho intramolecular Hbond substituents is 2. The van der Waals surface area contributed by atoms with E-state index in [-0.39, 0.29) is 17.4 Å². The number of phenols is 2. The smallest absolute Gasteiger partial charge is 0.123 e. The fourth-order valence-electron chi connectivity index (χ4n) is 2.53. The highest BCUT2D eigenvalue weighted by Crippen LogP contribution is 2.42. The first-order chi connectivity index (χ1) is 8.99. The summed E-state index contributed by atoms with van der Waals surface area (Å²) in [6.07, 6.45) is 6.95. The zero-order chi connectivity index (χ0) is 14.4. The van der Waals surface area contributed by atoms with Gasteiger partial charge in [-0.25, -0.2) is 0 Å². The summed E-state index contributed by atoms with van der Waals surface area (Å²) in [5.74, 6) is 0.722. The molecule has 1 unspecified atom stereocenters. The molecule has 0 saturated carbocycles. The van der Waals surface area contributed by atoms with E-state index in [1.165, 1.54) is 5.57 Å². The van der Waals surface area contributed by atoms with Gasteiger partial charge < -0.3 is 10.2 Å². The lowest BCUT2D eigenvalue weighted by atomic mass is 9.83. The van der Waals surface area contributed by atoms with Crippen molar-refractivity contribution in [2.75, 3.05) is 0 Å². The maximum Gasteiger partial charge on any atom is 0.123 e. The minimum absolute atomic E-state index is 0.234. The molecular formula is C17H24O2. The van der Waals surface area contributed by atoms with Crippen LogP contribution in [0.3, 0.4) is 0 Å². The number of aryl methyl sites for hydroxylation is 1. The van der Waals surface area contributed by atoms with Crippen molar-refractivity contribution in [1.29, 1.82) is 0 Å². The Morgan fingerprint density at radius 2 is 1.74 bits per heavy atom. The van der Waals surface area contributed by atoms with Gasteiger partial charge in [0.1, 0.15) is 11.5 Å². The van der Waals surface area contributed by atoms with Crippen LogP contribution in [0.1, 0.15) is 50.2 Å². The van der Waals surface area contributed by atoms with Crippen molar-refractivity contribution in [1.82, 2.24) is 0 Å². The lowest BCUT2D eigenvalue weighted by Gasteiger charge is -2.23. The molecule has 1 atom stereocenters. The molecule has 0 saturated heterocycles. The Hall–Kier alpha value is -1.70. The lowest BCUT2D eigenvalue weighted by Crippen LogP contribution is -2.04. The van der Waals surface area contributed by atoms with Gasteiger partial charge in [-0.1, -0.05) is 17.7 Å². The Morgan fingerprint density at radius 3 is 2.21 bits per heavy atom. The number of allylic oxidation sites excluding steroid dienone is 3. The van der Waals surface area contributed by atoms with E-state index in [1.807, 2.05) is 13.8 Å².